The lowest BCUT2D eigenvalue weighted by atomic mass is 9.99. The standard InChI is InChI=1S/C23H21N5O2/c1-14-6-4-8-16(12-14)26-23(30)25-13-15-7-2-3-9-17(15)21-20-18(22(24)29)10-5-11-19(20)27-28-21/h2-12H,13H2,1H3,(H2,24,29)(H,27,28)(H2,25,26,30). The molecule has 5 N–H and O–H groups in total. The van der Waals surface area contributed by atoms with Crippen molar-refractivity contribution in [1.29, 1.82) is 0 Å². The van der Waals surface area contributed by atoms with Gasteiger partial charge in [0.1, 0.15) is 5.69 Å². The van der Waals surface area contributed by atoms with E-state index in [4.69, 9.17) is 5.73 Å². The number of carbonyl (C=O) groups is 2. The Bertz CT molecular complexity index is 1250. The maximum absolute atomic E-state index is 12.3. The highest BCUT2D eigenvalue weighted by atomic mass is 16.2. The molecule has 0 spiro atoms. The number of benzene rings is 3. The van der Waals surface area contributed by atoms with Crippen molar-refractivity contribution in [3.63, 3.8) is 0 Å². The molecular formula is C23H21N5O2. The van der Waals surface area contributed by atoms with Crippen LogP contribution in [0.4, 0.5) is 10.5 Å². The largest absolute Gasteiger partial charge is 0.366 e. The number of aromatic amines is 1. The average molecular weight is 399 g/mol. The number of amides is 3. The summed E-state index contributed by atoms with van der Waals surface area (Å²) in [5, 5.41) is 13.7. The van der Waals surface area contributed by atoms with Crippen LogP contribution in [0.3, 0.4) is 0 Å². The van der Waals surface area contributed by atoms with Crippen molar-refractivity contribution in [3.8, 4) is 11.3 Å². The molecule has 0 saturated heterocycles. The van der Waals surface area contributed by atoms with Gasteiger partial charge in [0.25, 0.3) is 0 Å². The van der Waals surface area contributed by atoms with Crippen molar-refractivity contribution in [2.75, 3.05) is 5.32 Å². The summed E-state index contributed by atoms with van der Waals surface area (Å²) >= 11 is 0. The van der Waals surface area contributed by atoms with E-state index in [2.05, 4.69) is 20.8 Å². The average Bonchev–Trinajstić information content (AvgIpc) is 3.16. The number of nitrogens with one attached hydrogen (secondary N) is 3. The molecule has 0 bridgehead atoms. The molecule has 0 unspecified atom stereocenters. The summed E-state index contributed by atoms with van der Waals surface area (Å²) in [6.07, 6.45) is 0. The van der Waals surface area contributed by atoms with Gasteiger partial charge in [0.15, 0.2) is 0 Å². The molecule has 1 aromatic heterocycles. The fraction of sp³-hybridized carbons (Fsp3) is 0.0870. The zero-order valence-electron chi connectivity index (χ0n) is 16.4. The van der Waals surface area contributed by atoms with Crippen LogP contribution in [0.15, 0.2) is 66.7 Å². The lowest BCUT2D eigenvalue weighted by Gasteiger charge is -2.11. The highest BCUT2D eigenvalue weighted by Gasteiger charge is 2.17. The Hall–Kier alpha value is -4.13. The molecule has 7 nitrogen and oxygen atoms in total. The predicted octanol–water partition coefficient (Wildman–Crippen LogP) is 3.96. The molecular weight excluding hydrogens is 378 g/mol. The van der Waals surface area contributed by atoms with Crippen LogP contribution in [0.5, 0.6) is 0 Å². The van der Waals surface area contributed by atoms with Crippen LogP contribution in [-0.4, -0.2) is 22.1 Å². The Labute approximate surface area is 173 Å². The summed E-state index contributed by atoms with van der Waals surface area (Å²) in [5.41, 5.74) is 10.8. The van der Waals surface area contributed by atoms with E-state index in [-0.39, 0.29) is 6.03 Å². The minimum absolute atomic E-state index is 0.293. The molecule has 30 heavy (non-hydrogen) atoms. The van der Waals surface area contributed by atoms with Gasteiger partial charge < -0.3 is 16.4 Å². The Morgan fingerprint density at radius 2 is 1.83 bits per heavy atom. The zero-order valence-corrected chi connectivity index (χ0v) is 16.4. The topological polar surface area (TPSA) is 113 Å². The molecule has 3 aromatic carbocycles. The number of primary amides is 1. The molecule has 3 amide bonds. The van der Waals surface area contributed by atoms with Gasteiger partial charge >= 0.3 is 6.03 Å². The number of urea groups is 1. The van der Waals surface area contributed by atoms with Crippen LogP contribution < -0.4 is 16.4 Å². The van der Waals surface area contributed by atoms with Gasteiger partial charge in [-0.05, 0) is 42.3 Å². The van der Waals surface area contributed by atoms with Crippen molar-refractivity contribution in [3.05, 3.63) is 83.4 Å². The van der Waals surface area contributed by atoms with E-state index >= 15 is 0 Å². The second-order valence-corrected chi connectivity index (χ2v) is 7.00. The molecule has 7 heteroatoms. The van der Waals surface area contributed by atoms with E-state index in [9.17, 15) is 9.59 Å². The van der Waals surface area contributed by atoms with Crippen LogP contribution in [0.25, 0.3) is 22.2 Å². The van der Waals surface area contributed by atoms with Gasteiger partial charge in [-0.15, -0.1) is 0 Å². The number of H-pyrrole nitrogens is 1. The lowest BCUT2D eigenvalue weighted by Crippen LogP contribution is -2.28. The minimum atomic E-state index is -0.517. The highest BCUT2D eigenvalue weighted by Crippen LogP contribution is 2.31. The number of hydrogen-bond donors (Lipinski definition) is 4. The monoisotopic (exact) mass is 399 g/mol. The number of aromatic nitrogens is 2. The summed E-state index contributed by atoms with van der Waals surface area (Å²) in [5.74, 6) is -0.517. The first kappa shape index (κ1) is 19.2. The molecule has 0 aliphatic heterocycles. The van der Waals surface area contributed by atoms with Gasteiger partial charge in [0, 0.05) is 23.2 Å². The third-order valence-corrected chi connectivity index (χ3v) is 4.84. The molecule has 0 saturated carbocycles. The first-order valence-electron chi connectivity index (χ1n) is 9.49. The lowest BCUT2D eigenvalue weighted by molar-refractivity contribution is 0.100. The number of rotatable bonds is 5. The second-order valence-electron chi connectivity index (χ2n) is 7.00. The van der Waals surface area contributed by atoms with Crippen LogP contribution in [0.2, 0.25) is 0 Å². The molecule has 1 heterocycles. The summed E-state index contributed by atoms with van der Waals surface area (Å²) in [6.45, 7) is 2.26. The second kappa shape index (κ2) is 8.08. The van der Waals surface area contributed by atoms with Gasteiger partial charge in [-0.2, -0.15) is 5.10 Å². The summed E-state index contributed by atoms with van der Waals surface area (Å²) in [7, 11) is 0. The summed E-state index contributed by atoms with van der Waals surface area (Å²) in [6, 6.07) is 20.2. The number of nitrogens with zero attached hydrogens (tertiary/aromatic N) is 1. The first-order chi connectivity index (χ1) is 14.5. The van der Waals surface area contributed by atoms with Gasteiger partial charge in [0.05, 0.1) is 11.1 Å². The minimum Gasteiger partial charge on any atom is -0.366 e. The smallest absolute Gasteiger partial charge is 0.319 e. The Kier molecular flexibility index (Phi) is 5.17. The van der Waals surface area contributed by atoms with Crippen molar-refractivity contribution < 1.29 is 9.59 Å². The summed E-state index contributed by atoms with van der Waals surface area (Å²) < 4.78 is 0. The SMILES string of the molecule is Cc1cccc(NC(=O)NCc2ccccc2-c2n[nH]c3cccc(C(N)=O)c23)c1. The molecule has 0 atom stereocenters. The molecule has 0 aliphatic rings. The van der Waals surface area contributed by atoms with Gasteiger partial charge in [-0.1, -0.05) is 42.5 Å². The molecule has 0 aliphatic carbocycles. The highest BCUT2D eigenvalue weighted by molar-refractivity contribution is 6.10. The fourth-order valence-electron chi connectivity index (χ4n) is 3.45. The number of aryl methyl sites for hydroxylation is 1. The fourth-order valence-corrected chi connectivity index (χ4v) is 3.45. The summed E-state index contributed by atoms with van der Waals surface area (Å²) in [4.78, 5) is 24.3. The van der Waals surface area contributed by atoms with Gasteiger partial charge in [-0.3, -0.25) is 9.89 Å². The van der Waals surface area contributed by atoms with Crippen LogP contribution in [0, 0.1) is 6.92 Å². The number of nitrogens with two attached hydrogens (primary N) is 1. The van der Waals surface area contributed by atoms with Crippen LogP contribution in [0.1, 0.15) is 21.5 Å². The number of hydrogen-bond acceptors (Lipinski definition) is 3. The van der Waals surface area contributed by atoms with E-state index in [0.717, 1.165) is 27.9 Å². The maximum atomic E-state index is 12.3. The maximum Gasteiger partial charge on any atom is 0.319 e. The normalized spacial score (nSPS) is 10.7. The van der Waals surface area contributed by atoms with E-state index in [1.165, 1.54) is 0 Å². The quantitative estimate of drug-likeness (QED) is 0.407. The Balaban J connectivity index is 1.60. The van der Waals surface area contributed by atoms with Crippen molar-refractivity contribution in [2.24, 2.45) is 5.73 Å². The predicted molar refractivity (Wildman–Crippen MR) is 117 cm³/mol. The number of anilines is 1. The molecule has 0 radical (unpaired) electrons. The van der Waals surface area contributed by atoms with Crippen molar-refractivity contribution in [2.45, 2.75) is 13.5 Å². The van der Waals surface area contributed by atoms with Crippen molar-refractivity contribution >= 4 is 28.5 Å². The van der Waals surface area contributed by atoms with Crippen LogP contribution >= 0.6 is 0 Å². The number of fused-ring (bicyclic) bond motifs is 1. The van der Waals surface area contributed by atoms with Crippen molar-refractivity contribution in [1.82, 2.24) is 15.5 Å². The van der Waals surface area contributed by atoms with E-state index < -0.39 is 5.91 Å². The van der Waals surface area contributed by atoms with Crippen LogP contribution in [-0.2, 0) is 6.54 Å². The van der Waals surface area contributed by atoms with E-state index in [1.807, 2.05) is 61.5 Å². The van der Waals surface area contributed by atoms with Gasteiger partial charge in [-0.25, -0.2) is 4.79 Å². The third kappa shape index (κ3) is 3.86. The van der Waals surface area contributed by atoms with E-state index in [0.29, 0.717) is 23.2 Å². The molecule has 0 fully saturated rings. The Morgan fingerprint density at radius 3 is 2.63 bits per heavy atom. The molecule has 4 rings (SSSR count). The van der Waals surface area contributed by atoms with E-state index in [1.54, 1.807) is 12.1 Å². The third-order valence-electron chi connectivity index (χ3n) is 4.84. The van der Waals surface area contributed by atoms with Gasteiger partial charge in [0.2, 0.25) is 5.91 Å². The number of carbonyl (C=O) groups excluding carboxylic acids is 2. The molecule has 4 aromatic rings. The zero-order chi connectivity index (χ0) is 21.1. The Morgan fingerprint density at radius 1 is 1.03 bits per heavy atom. The molecule has 150 valence electrons. The first-order valence-corrected chi connectivity index (χ1v) is 9.49.